The molecular weight excluding hydrogens is 346 g/mol. The van der Waals surface area contributed by atoms with Gasteiger partial charge in [0.25, 0.3) is 0 Å². The first-order valence-electron chi connectivity index (χ1n) is 9.39. The summed E-state index contributed by atoms with van der Waals surface area (Å²) in [5.74, 6) is 1.68. The van der Waals surface area contributed by atoms with E-state index in [9.17, 15) is 9.90 Å². The van der Waals surface area contributed by atoms with Gasteiger partial charge < -0.3 is 25.8 Å². The van der Waals surface area contributed by atoms with Crippen LogP contribution in [0.4, 0.5) is 0 Å². The smallest absolute Gasteiger partial charge is 0.233 e. The number of guanidine groups is 1. The number of rotatable bonds is 7. The Hall–Kier alpha value is -2.48. The number of likely N-dealkylation sites (tertiary alicyclic amines) is 1. The second kappa shape index (κ2) is 10.6. The fraction of sp³-hybridized carbons (Fsp3) is 0.579. The van der Waals surface area contributed by atoms with Gasteiger partial charge in [0, 0.05) is 38.3 Å². The van der Waals surface area contributed by atoms with Gasteiger partial charge in [0.15, 0.2) is 5.96 Å². The van der Waals surface area contributed by atoms with Crippen LogP contribution in [-0.2, 0) is 11.3 Å². The molecule has 2 rings (SSSR count). The lowest BCUT2D eigenvalue weighted by Crippen LogP contribution is -2.50. The molecule has 0 radical (unpaired) electrons. The maximum Gasteiger partial charge on any atom is 0.233 e. The minimum absolute atomic E-state index is 0.0504. The lowest BCUT2D eigenvalue weighted by Gasteiger charge is -2.32. The fourth-order valence-corrected chi connectivity index (χ4v) is 3.01. The van der Waals surface area contributed by atoms with Crippen molar-refractivity contribution in [3.63, 3.8) is 0 Å². The van der Waals surface area contributed by atoms with E-state index >= 15 is 0 Å². The Kier molecular flexibility index (Phi) is 8.19. The molecular formula is C19H31N5O3. The van der Waals surface area contributed by atoms with E-state index in [-0.39, 0.29) is 11.7 Å². The molecule has 0 aliphatic carbocycles. The molecule has 0 saturated carbocycles. The molecule has 1 aliphatic heterocycles. The van der Waals surface area contributed by atoms with Crippen molar-refractivity contribution in [2.75, 3.05) is 40.3 Å². The number of carbonyl (C=O) groups is 1. The number of aromatic hydroxyl groups is 1. The van der Waals surface area contributed by atoms with Crippen LogP contribution in [0.2, 0.25) is 0 Å². The molecule has 4 N–H and O–H groups in total. The van der Waals surface area contributed by atoms with Gasteiger partial charge in [0.05, 0.1) is 20.2 Å². The van der Waals surface area contributed by atoms with E-state index in [1.807, 2.05) is 6.92 Å². The highest BCUT2D eigenvalue weighted by molar-refractivity contribution is 5.80. The molecule has 0 bridgehead atoms. The van der Waals surface area contributed by atoms with Crippen molar-refractivity contribution >= 4 is 11.9 Å². The highest BCUT2D eigenvalue weighted by Crippen LogP contribution is 2.23. The molecule has 27 heavy (non-hydrogen) atoms. The van der Waals surface area contributed by atoms with Crippen LogP contribution in [0.5, 0.6) is 11.5 Å². The van der Waals surface area contributed by atoms with Gasteiger partial charge in [-0.05, 0) is 38.0 Å². The van der Waals surface area contributed by atoms with Crippen molar-refractivity contribution in [1.29, 1.82) is 0 Å². The summed E-state index contributed by atoms with van der Waals surface area (Å²) in [6.07, 6.45) is 1.90. The molecule has 1 aromatic rings. The van der Waals surface area contributed by atoms with Crippen molar-refractivity contribution in [3.8, 4) is 11.5 Å². The Morgan fingerprint density at radius 3 is 2.74 bits per heavy atom. The van der Waals surface area contributed by atoms with Crippen LogP contribution in [0.1, 0.15) is 25.3 Å². The maximum absolute atomic E-state index is 11.5. The zero-order valence-electron chi connectivity index (χ0n) is 16.4. The average Bonchev–Trinajstić information content (AvgIpc) is 2.68. The predicted octanol–water partition coefficient (Wildman–Crippen LogP) is 0.666. The number of carbonyl (C=O) groups excluding carboxylic acids is 1. The third kappa shape index (κ3) is 6.63. The van der Waals surface area contributed by atoms with Gasteiger partial charge >= 0.3 is 0 Å². The maximum atomic E-state index is 11.5. The van der Waals surface area contributed by atoms with E-state index in [0.29, 0.717) is 30.4 Å². The van der Waals surface area contributed by atoms with Crippen molar-refractivity contribution in [2.24, 2.45) is 4.99 Å². The number of aliphatic imine (C=N–C) groups is 1. The Morgan fingerprint density at radius 2 is 2.11 bits per heavy atom. The summed E-state index contributed by atoms with van der Waals surface area (Å²) in [6, 6.07) is 5.44. The molecule has 1 saturated heterocycles. The number of hydrogen-bond acceptors (Lipinski definition) is 5. The molecule has 0 aromatic heterocycles. The number of benzene rings is 1. The first kappa shape index (κ1) is 20.8. The number of ether oxygens (including phenoxy) is 1. The normalized spacial score (nSPS) is 16.0. The predicted molar refractivity (Wildman–Crippen MR) is 106 cm³/mol. The third-order valence-electron chi connectivity index (χ3n) is 4.61. The van der Waals surface area contributed by atoms with E-state index in [1.54, 1.807) is 32.4 Å². The van der Waals surface area contributed by atoms with E-state index in [0.717, 1.165) is 38.4 Å². The molecule has 0 spiro atoms. The number of phenols is 1. The number of nitrogens with one attached hydrogen (secondary N) is 3. The Bertz CT molecular complexity index is 642. The van der Waals surface area contributed by atoms with Crippen molar-refractivity contribution in [2.45, 2.75) is 32.4 Å². The fourth-order valence-electron chi connectivity index (χ4n) is 3.01. The summed E-state index contributed by atoms with van der Waals surface area (Å²) in [6.45, 7) is 5.33. The first-order valence-corrected chi connectivity index (χ1v) is 9.39. The number of hydrogen-bond donors (Lipinski definition) is 4. The van der Waals surface area contributed by atoms with E-state index in [1.165, 1.54) is 0 Å². The standard InChI is InChI=1S/C19H31N5O3/c1-4-21-19(22-12-14-11-16(27-3)5-6-17(14)25)23-15-7-9-24(10-8-15)13-18(26)20-2/h5-6,11,15,25H,4,7-10,12-13H2,1-3H3,(H,20,26)(H2,21,22,23). The number of phenolic OH excluding ortho intramolecular Hbond substituents is 1. The molecule has 0 atom stereocenters. The van der Waals surface area contributed by atoms with Gasteiger partial charge in [-0.25, -0.2) is 4.99 Å². The van der Waals surface area contributed by atoms with Gasteiger partial charge in [-0.2, -0.15) is 0 Å². The van der Waals surface area contributed by atoms with Crippen LogP contribution in [0.15, 0.2) is 23.2 Å². The van der Waals surface area contributed by atoms with Crippen LogP contribution in [0, 0.1) is 0 Å². The quantitative estimate of drug-likeness (QED) is 0.412. The Labute approximate surface area is 161 Å². The summed E-state index contributed by atoms with van der Waals surface area (Å²) < 4.78 is 5.21. The van der Waals surface area contributed by atoms with Crippen molar-refractivity contribution in [1.82, 2.24) is 20.9 Å². The van der Waals surface area contributed by atoms with Crippen LogP contribution in [-0.4, -0.2) is 68.3 Å². The van der Waals surface area contributed by atoms with E-state index < -0.39 is 0 Å². The largest absolute Gasteiger partial charge is 0.508 e. The average molecular weight is 377 g/mol. The summed E-state index contributed by atoms with van der Waals surface area (Å²) >= 11 is 0. The molecule has 1 amide bonds. The van der Waals surface area contributed by atoms with Gasteiger partial charge in [-0.15, -0.1) is 0 Å². The number of likely N-dealkylation sites (N-methyl/N-ethyl adjacent to an activating group) is 1. The van der Waals surface area contributed by atoms with Crippen LogP contribution >= 0.6 is 0 Å². The molecule has 1 heterocycles. The molecule has 1 fully saturated rings. The summed E-state index contributed by atoms with van der Waals surface area (Å²) in [5, 5.41) is 19.4. The topological polar surface area (TPSA) is 98.2 Å². The zero-order chi connectivity index (χ0) is 19.6. The van der Waals surface area contributed by atoms with Gasteiger partial charge in [-0.1, -0.05) is 0 Å². The van der Waals surface area contributed by atoms with Crippen molar-refractivity contribution < 1.29 is 14.6 Å². The van der Waals surface area contributed by atoms with Crippen LogP contribution in [0.3, 0.4) is 0 Å². The lowest BCUT2D eigenvalue weighted by molar-refractivity contribution is -0.122. The highest BCUT2D eigenvalue weighted by atomic mass is 16.5. The van der Waals surface area contributed by atoms with Gasteiger partial charge in [0.2, 0.25) is 5.91 Å². The minimum atomic E-state index is 0.0504. The monoisotopic (exact) mass is 377 g/mol. The summed E-state index contributed by atoms with van der Waals surface area (Å²) in [7, 11) is 3.26. The summed E-state index contributed by atoms with van der Waals surface area (Å²) in [4.78, 5) is 18.2. The van der Waals surface area contributed by atoms with Gasteiger partial charge in [0.1, 0.15) is 11.5 Å². The number of piperidine rings is 1. The third-order valence-corrected chi connectivity index (χ3v) is 4.61. The molecule has 8 nitrogen and oxygen atoms in total. The van der Waals surface area contributed by atoms with Crippen molar-refractivity contribution in [3.05, 3.63) is 23.8 Å². The highest BCUT2D eigenvalue weighted by Gasteiger charge is 2.21. The number of amides is 1. The Morgan fingerprint density at radius 1 is 1.37 bits per heavy atom. The number of nitrogens with zero attached hydrogens (tertiary/aromatic N) is 2. The van der Waals surface area contributed by atoms with E-state index in [2.05, 4.69) is 25.8 Å². The van der Waals surface area contributed by atoms with Gasteiger partial charge in [-0.3, -0.25) is 9.69 Å². The second-order valence-corrected chi connectivity index (χ2v) is 6.56. The van der Waals surface area contributed by atoms with Crippen LogP contribution in [0.25, 0.3) is 0 Å². The molecule has 0 unspecified atom stereocenters. The number of methoxy groups -OCH3 is 1. The lowest BCUT2D eigenvalue weighted by atomic mass is 10.1. The second-order valence-electron chi connectivity index (χ2n) is 6.56. The molecule has 1 aromatic carbocycles. The zero-order valence-corrected chi connectivity index (χ0v) is 16.4. The van der Waals surface area contributed by atoms with E-state index in [4.69, 9.17) is 4.74 Å². The summed E-state index contributed by atoms with van der Waals surface area (Å²) in [5.41, 5.74) is 0.715. The molecule has 8 heteroatoms. The SMILES string of the molecule is CCNC(=NCc1cc(OC)ccc1O)NC1CCN(CC(=O)NC)CC1. The minimum Gasteiger partial charge on any atom is -0.508 e. The first-order chi connectivity index (χ1) is 13.0. The van der Waals surface area contributed by atoms with Crippen LogP contribution < -0.4 is 20.7 Å². The Balaban J connectivity index is 1.92. The molecule has 150 valence electrons. The molecule has 1 aliphatic rings.